The molecule has 0 aliphatic rings. The summed E-state index contributed by atoms with van der Waals surface area (Å²) in [7, 11) is 0. The first kappa shape index (κ1) is 13.1. The van der Waals surface area contributed by atoms with E-state index in [1.54, 1.807) is 0 Å². The second-order valence-electron chi connectivity index (χ2n) is 4.13. The number of rotatable bonds is 3. The molecule has 1 aromatic heterocycles. The minimum Gasteiger partial charge on any atom is -0.358 e. The molecule has 2 aromatic rings. The molecule has 1 heterocycles. The highest BCUT2D eigenvalue weighted by molar-refractivity contribution is 7.80. The van der Waals surface area contributed by atoms with Crippen molar-refractivity contribution >= 4 is 34.4 Å². The van der Waals surface area contributed by atoms with Crippen molar-refractivity contribution in [2.24, 2.45) is 0 Å². The van der Waals surface area contributed by atoms with Crippen molar-refractivity contribution in [2.45, 2.75) is 20.4 Å². The number of hydrogen-bond donors (Lipinski definition) is 2. The van der Waals surface area contributed by atoms with Crippen LogP contribution in [-0.4, -0.2) is 5.11 Å². The van der Waals surface area contributed by atoms with Gasteiger partial charge in [0, 0.05) is 15.4 Å². The first-order chi connectivity index (χ1) is 8.65. The molecule has 0 spiro atoms. The fourth-order valence-electron chi connectivity index (χ4n) is 1.60. The van der Waals surface area contributed by atoms with Crippen molar-refractivity contribution in [1.82, 2.24) is 5.32 Å². The zero-order valence-electron chi connectivity index (χ0n) is 10.5. The molecule has 0 fully saturated rings. The molecule has 2 N–H and O–H groups in total. The van der Waals surface area contributed by atoms with E-state index in [9.17, 15) is 0 Å². The molecule has 18 heavy (non-hydrogen) atoms. The van der Waals surface area contributed by atoms with E-state index in [2.05, 4.69) is 30.5 Å². The first-order valence-corrected chi connectivity index (χ1v) is 7.03. The van der Waals surface area contributed by atoms with E-state index in [1.807, 2.05) is 41.7 Å². The SMILES string of the molecule is Cc1cc(CNC(=S)Nc2ccccc2)sc1C. The number of aryl methyl sites for hydroxylation is 2. The van der Waals surface area contributed by atoms with Gasteiger partial charge in [0.15, 0.2) is 5.11 Å². The Balaban J connectivity index is 1.85. The Labute approximate surface area is 117 Å². The molecule has 2 rings (SSSR count). The average Bonchev–Trinajstić information content (AvgIpc) is 2.68. The van der Waals surface area contributed by atoms with Crippen molar-refractivity contribution < 1.29 is 0 Å². The van der Waals surface area contributed by atoms with E-state index in [0.29, 0.717) is 5.11 Å². The van der Waals surface area contributed by atoms with Gasteiger partial charge < -0.3 is 10.6 Å². The second kappa shape index (κ2) is 5.98. The molecular weight excluding hydrogens is 260 g/mol. The Morgan fingerprint density at radius 3 is 2.56 bits per heavy atom. The minimum atomic E-state index is 0.657. The molecule has 0 aliphatic carbocycles. The van der Waals surface area contributed by atoms with Crippen LogP contribution in [0, 0.1) is 13.8 Å². The van der Waals surface area contributed by atoms with Crippen molar-refractivity contribution in [3.8, 4) is 0 Å². The normalized spacial score (nSPS) is 10.1. The van der Waals surface area contributed by atoms with Crippen LogP contribution in [0.25, 0.3) is 0 Å². The van der Waals surface area contributed by atoms with Crippen LogP contribution in [0.4, 0.5) is 5.69 Å². The summed E-state index contributed by atoms with van der Waals surface area (Å²) >= 11 is 7.07. The van der Waals surface area contributed by atoms with Gasteiger partial charge in [0.05, 0.1) is 6.54 Å². The van der Waals surface area contributed by atoms with Crippen LogP contribution in [0.1, 0.15) is 15.3 Å². The predicted molar refractivity (Wildman–Crippen MR) is 83.3 cm³/mol. The molecule has 0 saturated carbocycles. The summed E-state index contributed by atoms with van der Waals surface area (Å²) in [6.07, 6.45) is 0. The zero-order valence-corrected chi connectivity index (χ0v) is 12.1. The van der Waals surface area contributed by atoms with Crippen molar-refractivity contribution in [3.05, 3.63) is 51.7 Å². The van der Waals surface area contributed by atoms with E-state index >= 15 is 0 Å². The van der Waals surface area contributed by atoms with Gasteiger partial charge in [0.25, 0.3) is 0 Å². The van der Waals surface area contributed by atoms with E-state index < -0.39 is 0 Å². The third-order valence-electron chi connectivity index (χ3n) is 2.67. The molecule has 0 radical (unpaired) electrons. The van der Waals surface area contributed by atoms with Crippen LogP contribution in [0.2, 0.25) is 0 Å². The van der Waals surface area contributed by atoms with Gasteiger partial charge in [-0.2, -0.15) is 0 Å². The minimum absolute atomic E-state index is 0.657. The molecule has 0 unspecified atom stereocenters. The Kier molecular flexibility index (Phi) is 4.33. The second-order valence-corrected chi connectivity index (χ2v) is 5.87. The summed E-state index contributed by atoms with van der Waals surface area (Å²) in [4.78, 5) is 2.68. The van der Waals surface area contributed by atoms with Gasteiger partial charge in [0.1, 0.15) is 0 Å². The van der Waals surface area contributed by atoms with Gasteiger partial charge in [-0.3, -0.25) is 0 Å². The summed E-state index contributed by atoms with van der Waals surface area (Å²) in [6, 6.07) is 12.1. The molecular formula is C14H16N2S2. The summed E-state index contributed by atoms with van der Waals surface area (Å²) in [5.74, 6) is 0. The number of thiophene rings is 1. The molecule has 94 valence electrons. The quantitative estimate of drug-likeness (QED) is 0.833. The van der Waals surface area contributed by atoms with E-state index in [-0.39, 0.29) is 0 Å². The number of benzene rings is 1. The molecule has 4 heteroatoms. The van der Waals surface area contributed by atoms with Crippen molar-refractivity contribution in [2.75, 3.05) is 5.32 Å². The molecule has 0 bridgehead atoms. The number of para-hydroxylation sites is 1. The largest absolute Gasteiger partial charge is 0.358 e. The van der Waals surface area contributed by atoms with Crippen LogP contribution < -0.4 is 10.6 Å². The van der Waals surface area contributed by atoms with Gasteiger partial charge >= 0.3 is 0 Å². The van der Waals surface area contributed by atoms with Crippen LogP contribution in [0.5, 0.6) is 0 Å². The highest BCUT2D eigenvalue weighted by atomic mass is 32.1. The molecule has 2 nitrogen and oxygen atoms in total. The molecule has 0 aliphatic heterocycles. The van der Waals surface area contributed by atoms with Gasteiger partial charge in [0.2, 0.25) is 0 Å². The van der Waals surface area contributed by atoms with E-state index in [1.165, 1.54) is 15.3 Å². The fourth-order valence-corrected chi connectivity index (χ4v) is 2.78. The smallest absolute Gasteiger partial charge is 0.171 e. The summed E-state index contributed by atoms with van der Waals surface area (Å²) in [6.45, 7) is 5.05. The maximum atomic E-state index is 5.26. The van der Waals surface area contributed by atoms with Gasteiger partial charge in [-0.1, -0.05) is 18.2 Å². The Bertz CT molecular complexity index is 512. The third kappa shape index (κ3) is 3.55. The van der Waals surface area contributed by atoms with Crippen LogP contribution in [0.15, 0.2) is 36.4 Å². The van der Waals surface area contributed by atoms with E-state index in [0.717, 1.165) is 12.2 Å². The van der Waals surface area contributed by atoms with Crippen LogP contribution >= 0.6 is 23.6 Å². The Hall–Kier alpha value is -1.39. The topological polar surface area (TPSA) is 24.1 Å². The van der Waals surface area contributed by atoms with Gasteiger partial charge in [-0.05, 0) is 49.8 Å². The lowest BCUT2D eigenvalue weighted by Gasteiger charge is -2.09. The van der Waals surface area contributed by atoms with Crippen molar-refractivity contribution in [1.29, 1.82) is 0 Å². The first-order valence-electron chi connectivity index (χ1n) is 5.81. The highest BCUT2D eigenvalue weighted by Gasteiger charge is 2.02. The maximum absolute atomic E-state index is 5.26. The number of hydrogen-bond acceptors (Lipinski definition) is 2. The molecule has 1 aromatic carbocycles. The van der Waals surface area contributed by atoms with Crippen molar-refractivity contribution in [3.63, 3.8) is 0 Å². The van der Waals surface area contributed by atoms with Gasteiger partial charge in [-0.25, -0.2) is 0 Å². The van der Waals surface area contributed by atoms with Gasteiger partial charge in [-0.15, -0.1) is 11.3 Å². The van der Waals surface area contributed by atoms with E-state index in [4.69, 9.17) is 12.2 Å². The maximum Gasteiger partial charge on any atom is 0.171 e. The summed E-state index contributed by atoms with van der Waals surface area (Å²) < 4.78 is 0. The lowest BCUT2D eigenvalue weighted by molar-refractivity contribution is 0.945. The highest BCUT2D eigenvalue weighted by Crippen LogP contribution is 2.20. The number of thiocarbonyl (C=S) groups is 1. The lowest BCUT2D eigenvalue weighted by Crippen LogP contribution is -2.27. The zero-order chi connectivity index (χ0) is 13.0. The molecule has 0 amide bonds. The molecule has 0 atom stereocenters. The Morgan fingerprint density at radius 2 is 1.94 bits per heavy atom. The monoisotopic (exact) mass is 276 g/mol. The summed E-state index contributed by atoms with van der Waals surface area (Å²) in [5, 5.41) is 7.03. The molecule has 0 saturated heterocycles. The van der Waals surface area contributed by atoms with Crippen LogP contribution in [-0.2, 0) is 6.54 Å². The number of anilines is 1. The standard InChI is InChI=1S/C14H16N2S2/c1-10-8-13(18-11(10)2)9-15-14(17)16-12-6-4-3-5-7-12/h3-8H,9H2,1-2H3,(H2,15,16,17). The third-order valence-corrected chi connectivity index (χ3v) is 4.07. The van der Waals surface area contributed by atoms with Crippen LogP contribution in [0.3, 0.4) is 0 Å². The Morgan fingerprint density at radius 1 is 1.22 bits per heavy atom. The average molecular weight is 276 g/mol. The number of nitrogens with one attached hydrogen (secondary N) is 2. The predicted octanol–water partition coefficient (Wildman–Crippen LogP) is 3.85. The fraction of sp³-hybridized carbons (Fsp3) is 0.214. The lowest BCUT2D eigenvalue weighted by atomic mass is 10.3. The summed E-state index contributed by atoms with van der Waals surface area (Å²) in [5.41, 5.74) is 2.35.